The van der Waals surface area contributed by atoms with E-state index < -0.39 is 0 Å². The number of H-pyrrole nitrogens is 1. The normalized spacial score (nSPS) is 15.0. The van der Waals surface area contributed by atoms with Crippen LogP contribution >= 0.6 is 0 Å². The number of fused-ring (bicyclic) bond motifs is 1. The minimum atomic E-state index is -0.161. The van der Waals surface area contributed by atoms with Gasteiger partial charge in [-0.15, -0.1) is 0 Å². The maximum absolute atomic E-state index is 13.2. The summed E-state index contributed by atoms with van der Waals surface area (Å²) in [7, 11) is 0. The number of carbonyl (C=O) groups is 1. The summed E-state index contributed by atoms with van der Waals surface area (Å²) in [4.78, 5) is 35.0. The van der Waals surface area contributed by atoms with E-state index in [1.165, 1.54) is 6.42 Å². The van der Waals surface area contributed by atoms with Crippen molar-refractivity contribution in [1.82, 2.24) is 14.9 Å². The first kappa shape index (κ1) is 17.5. The van der Waals surface area contributed by atoms with Gasteiger partial charge in [0.15, 0.2) is 0 Å². The Morgan fingerprint density at radius 3 is 2.48 bits per heavy atom. The maximum atomic E-state index is 13.2. The molecule has 5 nitrogen and oxygen atoms in total. The van der Waals surface area contributed by atoms with E-state index in [1.807, 2.05) is 53.4 Å². The Morgan fingerprint density at radius 2 is 1.70 bits per heavy atom. The Kier molecular flexibility index (Phi) is 5.01. The van der Waals surface area contributed by atoms with E-state index in [4.69, 9.17) is 0 Å². The van der Waals surface area contributed by atoms with Gasteiger partial charge in [0, 0.05) is 11.6 Å². The van der Waals surface area contributed by atoms with Crippen LogP contribution in [0.3, 0.4) is 0 Å². The highest BCUT2D eigenvalue weighted by molar-refractivity contribution is 5.94. The van der Waals surface area contributed by atoms with E-state index in [2.05, 4.69) is 9.97 Å². The fourth-order valence-corrected chi connectivity index (χ4v) is 3.88. The fraction of sp³-hybridized carbons (Fsp3) is 0.318. The lowest BCUT2D eigenvalue weighted by molar-refractivity contribution is 0.0607. The van der Waals surface area contributed by atoms with Crippen LogP contribution in [0.1, 0.15) is 48.3 Å². The van der Waals surface area contributed by atoms with Gasteiger partial charge in [-0.2, -0.15) is 0 Å². The van der Waals surface area contributed by atoms with Gasteiger partial charge in [0.2, 0.25) is 0 Å². The highest BCUT2D eigenvalue weighted by Gasteiger charge is 2.27. The van der Waals surface area contributed by atoms with Crippen molar-refractivity contribution in [2.45, 2.75) is 44.7 Å². The third kappa shape index (κ3) is 3.77. The number of aromatic amines is 1. The van der Waals surface area contributed by atoms with Gasteiger partial charge in [-0.1, -0.05) is 49.6 Å². The van der Waals surface area contributed by atoms with Gasteiger partial charge in [0.1, 0.15) is 5.82 Å². The number of hydrogen-bond acceptors (Lipinski definition) is 3. The fourth-order valence-electron chi connectivity index (χ4n) is 3.88. The molecule has 0 spiro atoms. The van der Waals surface area contributed by atoms with E-state index in [9.17, 15) is 9.59 Å². The molecule has 1 amide bonds. The molecule has 138 valence electrons. The number of amides is 1. The van der Waals surface area contributed by atoms with Gasteiger partial charge in [-0.3, -0.25) is 9.59 Å². The summed E-state index contributed by atoms with van der Waals surface area (Å²) >= 11 is 0. The average molecular weight is 361 g/mol. The molecular formula is C22H23N3O2. The molecule has 1 heterocycles. The molecule has 4 rings (SSSR count). The number of carbonyl (C=O) groups excluding carboxylic acids is 1. The van der Waals surface area contributed by atoms with Gasteiger partial charge in [-0.25, -0.2) is 4.98 Å². The molecule has 3 aromatic rings. The lowest BCUT2D eigenvalue weighted by atomic mass is 9.93. The van der Waals surface area contributed by atoms with Crippen LogP contribution in [0.4, 0.5) is 0 Å². The highest BCUT2D eigenvalue weighted by Crippen LogP contribution is 2.25. The molecular weight excluding hydrogens is 338 g/mol. The van der Waals surface area contributed by atoms with Crippen LogP contribution in [-0.2, 0) is 6.54 Å². The molecule has 0 aliphatic heterocycles. The first-order valence-electron chi connectivity index (χ1n) is 9.56. The van der Waals surface area contributed by atoms with Crippen LogP contribution in [-0.4, -0.2) is 26.8 Å². The smallest absolute Gasteiger partial charge is 0.258 e. The Morgan fingerprint density at radius 1 is 1.00 bits per heavy atom. The molecule has 2 aromatic carbocycles. The summed E-state index contributed by atoms with van der Waals surface area (Å²) in [5.41, 5.74) is 1.17. The Hall–Kier alpha value is -2.95. The van der Waals surface area contributed by atoms with Crippen molar-refractivity contribution >= 4 is 16.8 Å². The predicted octanol–water partition coefficient (Wildman–Crippen LogP) is 3.90. The van der Waals surface area contributed by atoms with Gasteiger partial charge >= 0.3 is 0 Å². The van der Waals surface area contributed by atoms with Crippen LogP contribution in [0.2, 0.25) is 0 Å². The molecule has 0 radical (unpaired) electrons. The zero-order valence-electron chi connectivity index (χ0n) is 15.2. The average Bonchev–Trinajstić information content (AvgIpc) is 2.73. The summed E-state index contributed by atoms with van der Waals surface area (Å²) in [6.45, 7) is 0.318. The summed E-state index contributed by atoms with van der Waals surface area (Å²) < 4.78 is 0. The number of nitrogens with zero attached hydrogens (tertiary/aromatic N) is 2. The summed E-state index contributed by atoms with van der Waals surface area (Å²) in [6, 6.07) is 16.8. The molecule has 5 heteroatoms. The van der Waals surface area contributed by atoms with Gasteiger partial charge in [-0.05, 0) is 37.1 Å². The largest absolute Gasteiger partial charge is 0.328 e. The number of aromatic nitrogens is 2. The second-order valence-electron chi connectivity index (χ2n) is 7.12. The topological polar surface area (TPSA) is 66.1 Å². The van der Waals surface area contributed by atoms with Gasteiger partial charge in [0.25, 0.3) is 11.5 Å². The lowest BCUT2D eigenvalue weighted by Crippen LogP contribution is -2.41. The molecule has 1 aromatic heterocycles. The van der Waals surface area contributed by atoms with Crippen LogP contribution in [0.15, 0.2) is 59.4 Å². The summed E-state index contributed by atoms with van der Waals surface area (Å²) in [5, 5.41) is 0.569. The van der Waals surface area contributed by atoms with Crippen LogP contribution in [0.25, 0.3) is 10.9 Å². The molecule has 1 saturated carbocycles. The zero-order valence-corrected chi connectivity index (χ0v) is 15.2. The third-order valence-electron chi connectivity index (χ3n) is 5.28. The van der Waals surface area contributed by atoms with Crippen molar-refractivity contribution in [1.29, 1.82) is 0 Å². The zero-order chi connectivity index (χ0) is 18.6. The van der Waals surface area contributed by atoms with Crippen molar-refractivity contribution < 1.29 is 4.79 Å². The minimum absolute atomic E-state index is 0.00157. The second kappa shape index (κ2) is 7.74. The lowest BCUT2D eigenvalue weighted by Gasteiger charge is -2.34. The number of hydrogen-bond donors (Lipinski definition) is 1. The predicted molar refractivity (Wildman–Crippen MR) is 106 cm³/mol. The van der Waals surface area contributed by atoms with Crippen LogP contribution in [0, 0.1) is 0 Å². The molecule has 0 atom stereocenters. The molecule has 1 fully saturated rings. The summed E-state index contributed by atoms with van der Waals surface area (Å²) in [5.74, 6) is 0.534. The Bertz CT molecular complexity index is 991. The van der Waals surface area contributed by atoms with E-state index in [1.54, 1.807) is 6.07 Å². The molecule has 1 aliphatic carbocycles. The van der Waals surface area contributed by atoms with Crippen LogP contribution < -0.4 is 5.56 Å². The van der Waals surface area contributed by atoms with Crippen molar-refractivity contribution in [3.8, 4) is 0 Å². The Labute approximate surface area is 158 Å². The van der Waals surface area contributed by atoms with Crippen molar-refractivity contribution in [3.05, 3.63) is 76.3 Å². The SMILES string of the molecule is O=C(c1ccccc1)N(Cc1nc2ccccc2c(=O)[nH]1)C1CCCCC1. The quantitative estimate of drug-likeness (QED) is 0.766. The van der Waals surface area contributed by atoms with Crippen molar-refractivity contribution in [3.63, 3.8) is 0 Å². The van der Waals surface area contributed by atoms with E-state index in [0.717, 1.165) is 25.7 Å². The second-order valence-corrected chi connectivity index (χ2v) is 7.12. The van der Waals surface area contributed by atoms with Crippen LogP contribution in [0.5, 0.6) is 0 Å². The standard InChI is InChI=1S/C22H23N3O2/c26-21-18-13-7-8-14-19(18)23-20(24-21)15-25(17-11-5-2-6-12-17)22(27)16-9-3-1-4-10-16/h1,3-4,7-10,13-14,17H,2,5-6,11-12,15H2,(H,23,24,26). The molecule has 0 saturated heterocycles. The molecule has 27 heavy (non-hydrogen) atoms. The molecule has 1 N–H and O–H groups in total. The molecule has 0 bridgehead atoms. The van der Waals surface area contributed by atoms with Crippen molar-refractivity contribution in [2.75, 3.05) is 0 Å². The maximum Gasteiger partial charge on any atom is 0.258 e. The van der Waals surface area contributed by atoms with E-state index in [-0.39, 0.29) is 17.5 Å². The number of rotatable bonds is 4. The molecule has 1 aliphatic rings. The summed E-state index contributed by atoms with van der Waals surface area (Å²) in [6.07, 6.45) is 5.47. The monoisotopic (exact) mass is 361 g/mol. The van der Waals surface area contributed by atoms with E-state index in [0.29, 0.717) is 28.8 Å². The minimum Gasteiger partial charge on any atom is -0.328 e. The number of nitrogens with one attached hydrogen (secondary N) is 1. The highest BCUT2D eigenvalue weighted by atomic mass is 16.2. The number of benzene rings is 2. The van der Waals surface area contributed by atoms with Gasteiger partial charge in [0.05, 0.1) is 17.4 Å². The first-order chi connectivity index (χ1) is 13.2. The van der Waals surface area contributed by atoms with Gasteiger partial charge < -0.3 is 9.88 Å². The third-order valence-corrected chi connectivity index (χ3v) is 5.28. The Balaban J connectivity index is 1.68. The first-order valence-corrected chi connectivity index (χ1v) is 9.56. The number of para-hydroxylation sites is 1. The molecule has 0 unspecified atom stereocenters. The van der Waals surface area contributed by atoms with Crippen molar-refractivity contribution in [2.24, 2.45) is 0 Å². The van der Waals surface area contributed by atoms with E-state index >= 15 is 0 Å².